The van der Waals surface area contributed by atoms with Crippen LogP contribution in [-0.4, -0.2) is 58.8 Å². The first-order chi connectivity index (χ1) is 10.7. The number of aromatic nitrogens is 1. The molecule has 1 aliphatic rings. The van der Waals surface area contributed by atoms with Crippen molar-refractivity contribution in [2.24, 2.45) is 0 Å². The van der Waals surface area contributed by atoms with E-state index in [2.05, 4.69) is 4.98 Å². The monoisotopic (exact) mass is 322 g/mol. The van der Waals surface area contributed by atoms with Crippen LogP contribution in [0.1, 0.15) is 31.1 Å². The largest absolute Gasteiger partial charge is 0.478 e. The Kier molecular flexibility index (Phi) is 4.63. The Balaban J connectivity index is 2.04. The fraction of sp³-hybridized carbons (Fsp3) is 0.533. The van der Waals surface area contributed by atoms with Crippen molar-refractivity contribution in [3.05, 3.63) is 17.8 Å². The molecule has 8 nitrogen and oxygen atoms in total. The van der Waals surface area contributed by atoms with Crippen molar-refractivity contribution >= 4 is 23.6 Å². The standard InChI is InChI=1S/C15H22N4O4/c1-15(2,3)23-14(22)19-8-6-18(7-9-19)12-11(16)10(13(20)21)4-5-17-12/h4-5H,6-9,16H2,1-3H3,(H,20,21). The maximum absolute atomic E-state index is 12.0. The van der Waals surface area contributed by atoms with E-state index in [1.807, 2.05) is 25.7 Å². The van der Waals surface area contributed by atoms with Crippen molar-refractivity contribution in [2.45, 2.75) is 26.4 Å². The van der Waals surface area contributed by atoms with Crippen LogP contribution in [0, 0.1) is 0 Å². The van der Waals surface area contributed by atoms with Gasteiger partial charge in [0.25, 0.3) is 0 Å². The highest BCUT2D eigenvalue weighted by molar-refractivity contribution is 5.96. The van der Waals surface area contributed by atoms with E-state index in [1.165, 1.54) is 12.3 Å². The second kappa shape index (κ2) is 6.31. The first-order valence-electron chi connectivity index (χ1n) is 7.39. The highest BCUT2D eigenvalue weighted by Crippen LogP contribution is 2.25. The molecule has 23 heavy (non-hydrogen) atoms. The zero-order chi connectivity index (χ0) is 17.2. The van der Waals surface area contributed by atoms with Crippen molar-refractivity contribution in [3.63, 3.8) is 0 Å². The Morgan fingerprint density at radius 1 is 1.26 bits per heavy atom. The zero-order valence-electron chi connectivity index (χ0n) is 13.6. The number of carbonyl (C=O) groups is 2. The topological polar surface area (TPSA) is 109 Å². The average molecular weight is 322 g/mol. The first kappa shape index (κ1) is 16.9. The molecule has 1 aromatic rings. The predicted molar refractivity (Wildman–Crippen MR) is 85.6 cm³/mol. The van der Waals surface area contributed by atoms with Crippen LogP contribution in [0.5, 0.6) is 0 Å². The molecule has 1 aliphatic heterocycles. The molecule has 126 valence electrons. The van der Waals surface area contributed by atoms with Gasteiger partial charge in [0.2, 0.25) is 0 Å². The van der Waals surface area contributed by atoms with Gasteiger partial charge in [0.15, 0.2) is 5.82 Å². The number of amides is 1. The van der Waals surface area contributed by atoms with Gasteiger partial charge in [0.05, 0.1) is 11.3 Å². The molecule has 8 heteroatoms. The Labute approximate surface area is 134 Å². The van der Waals surface area contributed by atoms with E-state index in [4.69, 9.17) is 15.6 Å². The number of nitrogens with zero attached hydrogens (tertiary/aromatic N) is 3. The van der Waals surface area contributed by atoms with E-state index in [9.17, 15) is 9.59 Å². The van der Waals surface area contributed by atoms with Crippen LogP contribution in [-0.2, 0) is 4.74 Å². The van der Waals surface area contributed by atoms with E-state index in [1.54, 1.807) is 4.90 Å². The zero-order valence-corrected chi connectivity index (χ0v) is 13.6. The second-order valence-corrected chi connectivity index (χ2v) is 6.36. The Hall–Kier alpha value is -2.51. The van der Waals surface area contributed by atoms with Crippen LogP contribution in [0.2, 0.25) is 0 Å². The fourth-order valence-corrected chi connectivity index (χ4v) is 2.33. The number of hydrogen-bond donors (Lipinski definition) is 2. The minimum absolute atomic E-state index is 0.0320. The lowest BCUT2D eigenvalue weighted by atomic mass is 10.2. The molecule has 0 aliphatic carbocycles. The van der Waals surface area contributed by atoms with Gasteiger partial charge in [-0.3, -0.25) is 0 Å². The van der Waals surface area contributed by atoms with E-state index >= 15 is 0 Å². The number of nitrogens with two attached hydrogens (primary N) is 1. The highest BCUT2D eigenvalue weighted by Gasteiger charge is 2.27. The quantitative estimate of drug-likeness (QED) is 0.847. The van der Waals surface area contributed by atoms with Gasteiger partial charge in [-0.05, 0) is 26.8 Å². The number of carboxylic acids is 1. The summed E-state index contributed by atoms with van der Waals surface area (Å²) in [5.41, 5.74) is 5.55. The lowest BCUT2D eigenvalue weighted by molar-refractivity contribution is 0.0240. The Morgan fingerprint density at radius 3 is 2.39 bits per heavy atom. The summed E-state index contributed by atoms with van der Waals surface area (Å²) in [4.78, 5) is 30.8. The van der Waals surface area contributed by atoms with Gasteiger partial charge in [-0.15, -0.1) is 0 Å². The predicted octanol–water partition coefficient (Wildman–Crippen LogP) is 1.42. The minimum atomic E-state index is -1.08. The molecular formula is C15H22N4O4. The van der Waals surface area contributed by atoms with Gasteiger partial charge in [-0.2, -0.15) is 0 Å². The summed E-state index contributed by atoms with van der Waals surface area (Å²) in [6.45, 7) is 7.43. The van der Waals surface area contributed by atoms with Crippen LogP contribution >= 0.6 is 0 Å². The van der Waals surface area contributed by atoms with Gasteiger partial charge in [0.1, 0.15) is 5.60 Å². The maximum atomic E-state index is 12.0. The number of ether oxygens (including phenoxy) is 1. The third-order valence-corrected chi connectivity index (χ3v) is 3.43. The normalized spacial score (nSPS) is 15.4. The van der Waals surface area contributed by atoms with Crippen LogP contribution < -0.4 is 10.6 Å². The van der Waals surface area contributed by atoms with Gasteiger partial charge in [-0.1, -0.05) is 0 Å². The molecule has 3 N–H and O–H groups in total. The summed E-state index contributed by atoms with van der Waals surface area (Å²) in [7, 11) is 0. The van der Waals surface area contributed by atoms with E-state index in [-0.39, 0.29) is 17.3 Å². The lowest BCUT2D eigenvalue weighted by Gasteiger charge is -2.36. The summed E-state index contributed by atoms with van der Waals surface area (Å²) in [5.74, 6) is -0.646. The smallest absolute Gasteiger partial charge is 0.410 e. The number of hydrogen-bond acceptors (Lipinski definition) is 6. The van der Waals surface area contributed by atoms with Crippen molar-refractivity contribution in [3.8, 4) is 0 Å². The van der Waals surface area contributed by atoms with Gasteiger partial charge >= 0.3 is 12.1 Å². The number of nitrogen functional groups attached to an aromatic ring is 1. The summed E-state index contributed by atoms with van der Waals surface area (Å²) in [5, 5.41) is 9.12. The van der Waals surface area contributed by atoms with Crippen LogP contribution in [0.3, 0.4) is 0 Å². The summed E-state index contributed by atoms with van der Waals surface area (Å²) >= 11 is 0. The molecule has 0 bridgehead atoms. The van der Waals surface area contributed by atoms with Crippen molar-refractivity contribution in [1.82, 2.24) is 9.88 Å². The number of pyridine rings is 1. The number of anilines is 2. The first-order valence-corrected chi connectivity index (χ1v) is 7.39. The fourth-order valence-electron chi connectivity index (χ4n) is 2.33. The van der Waals surface area contributed by atoms with Crippen LogP contribution in [0.25, 0.3) is 0 Å². The summed E-state index contributed by atoms with van der Waals surface area (Å²) in [6, 6.07) is 1.37. The third kappa shape index (κ3) is 4.02. The van der Waals surface area contributed by atoms with Gasteiger partial charge in [-0.25, -0.2) is 14.6 Å². The molecule has 0 saturated carbocycles. The Bertz CT molecular complexity index is 604. The van der Waals surface area contributed by atoms with Crippen molar-refractivity contribution in [2.75, 3.05) is 36.8 Å². The number of carboxylic acid groups (broad SMARTS) is 1. The van der Waals surface area contributed by atoms with Crippen LogP contribution in [0.4, 0.5) is 16.3 Å². The summed E-state index contributed by atoms with van der Waals surface area (Å²) in [6.07, 6.45) is 1.08. The SMILES string of the molecule is CC(C)(C)OC(=O)N1CCN(c2nccc(C(=O)O)c2N)CC1. The third-order valence-electron chi connectivity index (χ3n) is 3.43. The Morgan fingerprint density at radius 2 is 1.87 bits per heavy atom. The lowest BCUT2D eigenvalue weighted by Crippen LogP contribution is -2.50. The molecular weight excluding hydrogens is 300 g/mol. The van der Waals surface area contributed by atoms with E-state index in [0.29, 0.717) is 32.0 Å². The highest BCUT2D eigenvalue weighted by atomic mass is 16.6. The van der Waals surface area contributed by atoms with Crippen LogP contribution in [0.15, 0.2) is 12.3 Å². The molecule has 1 aromatic heterocycles. The van der Waals surface area contributed by atoms with E-state index in [0.717, 1.165) is 0 Å². The summed E-state index contributed by atoms with van der Waals surface area (Å²) < 4.78 is 5.34. The van der Waals surface area contributed by atoms with Crippen molar-refractivity contribution in [1.29, 1.82) is 0 Å². The maximum Gasteiger partial charge on any atom is 0.410 e. The number of carbonyl (C=O) groups excluding carboxylic acids is 1. The number of aromatic carboxylic acids is 1. The molecule has 0 atom stereocenters. The molecule has 2 rings (SSSR count). The molecule has 0 unspecified atom stereocenters. The minimum Gasteiger partial charge on any atom is -0.478 e. The molecule has 1 fully saturated rings. The van der Waals surface area contributed by atoms with Crippen molar-refractivity contribution < 1.29 is 19.4 Å². The molecule has 1 amide bonds. The molecule has 0 aromatic carbocycles. The van der Waals surface area contributed by atoms with E-state index < -0.39 is 11.6 Å². The number of piperazine rings is 1. The second-order valence-electron chi connectivity index (χ2n) is 6.36. The molecule has 2 heterocycles. The molecule has 1 saturated heterocycles. The average Bonchev–Trinajstić information content (AvgIpc) is 2.45. The molecule has 0 spiro atoms. The van der Waals surface area contributed by atoms with Gasteiger partial charge in [0, 0.05) is 32.4 Å². The molecule has 0 radical (unpaired) electrons. The van der Waals surface area contributed by atoms with Gasteiger partial charge < -0.3 is 25.4 Å². The number of rotatable bonds is 2.